The van der Waals surface area contributed by atoms with Crippen LogP contribution < -0.4 is 4.90 Å². The Kier molecular flexibility index (Phi) is 8.98. The molecule has 3 heteroatoms. The Morgan fingerprint density at radius 1 is 0.950 bits per heavy atom. The minimum absolute atomic E-state index is 0.725. The van der Waals surface area contributed by atoms with Crippen LogP contribution in [0.4, 0.5) is 5.69 Å². The zero-order chi connectivity index (χ0) is 14.6. The molecule has 20 heavy (non-hydrogen) atoms. The third-order valence-corrected chi connectivity index (χ3v) is 3.91. The molecule has 0 unspecified atom stereocenters. The highest BCUT2D eigenvalue weighted by molar-refractivity contribution is 7.80. The van der Waals surface area contributed by atoms with Crippen LogP contribution in [0, 0.1) is 11.3 Å². The van der Waals surface area contributed by atoms with Gasteiger partial charge in [-0.3, -0.25) is 0 Å². The van der Waals surface area contributed by atoms with Crippen molar-refractivity contribution in [2.75, 3.05) is 24.2 Å². The molecule has 0 aromatic heterocycles. The highest BCUT2D eigenvalue weighted by Crippen LogP contribution is 2.15. The number of nitrogens with zero attached hydrogens (tertiary/aromatic N) is 2. The van der Waals surface area contributed by atoms with E-state index < -0.39 is 0 Å². The fourth-order valence-electron chi connectivity index (χ4n) is 2.26. The lowest BCUT2D eigenvalue weighted by Gasteiger charge is -2.19. The van der Waals surface area contributed by atoms with Crippen molar-refractivity contribution < 1.29 is 0 Å². The monoisotopic (exact) mass is 290 g/mol. The van der Waals surface area contributed by atoms with Gasteiger partial charge in [-0.15, -0.1) is 0 Å². The first-order valence-electron chi connectivity index (χ1n) is 7.60. The first kappa shape index (κ1) is 16.9. The number of unbranched alkanes of at least 4 members (excludes halogenated alkanes) is 6. The van der Waals surface area contributed by atoms with Crippen molar-refractivity contribution in [3.05, 3.63) is 29.8 Å². The largest absolute Gasteiger partial charge is 0.375 e. The molecule has 1 rings (SSSR count). The third kappa shape index (κ3) is 6.86. The van der Waals surface area contributed by atoms with E-state index in [0.29, 0.717) is 0 Å². The van der Waals surface area contributed by atoms with Gasteiger partial charge in [0, 0.05) is 19.3 Å². The number of hydrogen-bond acceptors (Lipinski definition) is 3. The van der Waals surface area contributed by atoms with E-state index in [4.69, 9.17) is 5.26 Å². The van der Waals surface area contributed by atoms with Crippen LogP contribution in [0.1, 0.15) is 50.5 Å². The first-order valence-corrected chi connectivity index (χ1v) is 8.23. The van der Waals surface area contributed by atoms with Crippen LogP contribution in [0.2, 0.25) is 0 Å². The second-order valence-corrected chi connectivity index (χ2v) is 5.73. The van der Waals surface area contributed by atoms with Crippen LogP contribution in [0.5, 0.6) is 0 Å². The number of benzene rings is 1. The predicted octanol–water partition coefficient (Wildman–Crippen LogP) is 4.65. The third-order valence-electron chi connectivity index (χ3n) is 3.59. The average Bonchev–Trinajstić information content (AvgIpc) is 2.50. The Bertz CT molecular complexity index is 394. The smallest absolute Gasteiger partial charge is 0.0991 e. The standard InChI is InChI=1S/C17H26N2S/c1-19(17-11-9-16(15-18)10-12-17)13-7-5-3-2-4-6-8-14-20/h9-12,20H,2-8,13-14H2,1H3. The molecule has 0 fully saturated rings. The first-order chi connectivity index (χ1) is 9.77. The van der Waals surface area contributed by atoms with E-state index in [9.17, 15) is 0 Å². The molecule has 1 aromatic rings. The SMILES string of the molecule is CN(CCCCCCCCCS)c1ccc(C#N)cc1. The second kappa shape index (κ2) is 10.6. The zero-order valence-corrected chi connectivity index (χ0v) is 13.4. The molecule has 2 nitrogen and oxygen atoms in total. The van der Waals surface area contributed by atoms with Gasteiger partial charge >= 0.3 is 0 Å². The van der Waals surface area contributed by atoms with Gasteiger partial charge in [0.25, 0.3) is 0 Å². The van der Waals surface area contributed by atoms with Gasteiger partial charge in [0.1, 0.15) is 0 Å². The van der Waals surface area contributed by atoms with E-state index in [0.717, 1.165) is 17.9 Å². The van der Waals surface area contributed by atoms with Crippen molar-refractivity contribution in [2.45, 2.75) is 44.9 Å². The normalized spacial score (nSPS) is 10.2. The van der Waals surface area contributed by atoms with Crippen LogP contribution in [0.3, 0.4) is 0 Å². The van der Waals surface area contributed by atoms with E-state index in [1.165, 1.54) is 50.6 Å². The molecule has 0 spiro atoms. The van der Waals surface area contributed by atoms with Crippen LogP contribution in [-0.2, 0) is 0 Å². The highest BCUT2D eigenvalue weighted by Gasteiger charge is 2.00. The molecule has 0 bridgehead atoms. The van der Waals surface area contributed by atoms with E-state index in [1.54, 1.807) is 0 Å². The average molecular weight is 290 g/mol. The fourth-order valence-corrected chi connectivity index (χ4v) is 2.49. The summed E-state index contributed by atoms with van der Waals surface area (Å²) in [6, 6.07) is 9.96. The number of thiol groups is 1. The van der Waals surface area contributed by atoms with Crippen molar-refractivity contribution in [1.82, 2.24) is 0 Å². The predicted molar refractivity (Wildman–Crippen MR) is 90.6 cm³/mol. The number of nitriles is 1. The Labute approximate surface area is 129 Å². The van der Waals surface area contributed by atoms with Crippen molar-refractivity contribution in [3.8, 4) is 6.07 Å². The number of rotatable bonds is 10. The Morgan fingerprint density at radius 2 is 1.50 bits per heavy atom. The highest BCUT2D eigenvalue weighted by atomic mass is 32.1. The van der Waals surface area contributed by atoms with Gasteiger partial charge in [0.2, 0.25) is 0 Å². The Balaban J connectivity index is 2.10. The topological polar surface area (TPSA) is 27.0 Å². The lowest BCUT2D eigenvalue weighted by atomic mass is 10.1. The minimum atomic E-state index is 0.725. The van der Waals surface area contributed by atoms with Crippen molar-refractivity contribution >= 4 is 18.3 Å². The Hall–Kier alpha value is -1.14. The van der Waals surface area contributed by atoms with Crippen molar-refractivity contribution in [3.63, 3.8) is 0 Å². The van der Waals surface area contributed by atoms with Gasteiger partial charge in [-0.2, -0.15) is 17.9 Å². The molecule has 0 saturated carbocycles. The molecular weight excluding hydrogens is 264 g/mol. The summed E-state index contributed by atoms with van der Waals surface area (Å²) in [5.74, 6) is 1.02. The maximum Gasteiger partial charge on any atom is 0.0991 e. The molecule has 0 radical (unpaired) electrons. The second-order valence-electron chi connectivity index (χ2n) is 5.28. The van der Waals surface area contributed by atoms with Crippen LogP contribution >= 0.6 is 12.6 Å². The summed E-state index contributed by atoms with van der Waals surface area (Å²) in [6.07, 6.45) is 9.18. The summed E-state index contributed by atoms with van der Waals surface area (Å²) in [7, 11) is 2.12. The van der Waals surface area contributed by atoms with Gasteiger partial charge in [-0.05, 0) is 42.9 Å². The van der Waals surface area contributed by atoms with E-state index in [1.807, 2.05) is 24.3 Å². The number of anilines is 1. The van der Waals surface area contributed by atoms with Gasteiger partial charge in [0.05, 0.1) is 11.6 Å². The maximum atomic E-state index is 8.78. The minimum Gasteiger partial charge on any atom is -0.375 e. The molecule has 0 N–H and O–H groups in total. The van der Waals surface area contributed by atoms with Crippen LogP contribution in [-0.4, -0.2) is 19.3 Å². The molecule has 0 atom stereocenters. The quantitative estimate of drug-likeness (QED) is 0.501. The molecule has 0 amide bonds. The molecule has 0 aliphatic heterocycles. The maximum absolute atomic E-state index is 8.78. The molecule has 0 aliphatic rings. The van der Waals surface area contributed by atoms with Crippen molar-refractivity contribution in [2.24, 2.45) is 0 Å². The summed E-state index contributed by atoms with van der Waals surface area (Å²) >= 11 is 4.23. The molecule has 0 heterocycles. The van der Waals surface area contributed by atoms with Crippen LogP contribution in [0.15, 0.2) is 24.3 Å². The molecule has 0 saturated heterocycles. The molecule has 1 aromatic carbocycles. The van der Waals surface area contributed by atoms with Crippen LogP contribution in [0.25, 0.3) is 0 Å². The fraction of sp³-hybridized carbons (Fsp3) is 0.588. The molecule has 110 valence electrons. The summed E-state index contributed by atoms with van der Waals surface area (Å²) in [4.78, 5) is 2.27. The van der Waals surface area contributed by atoms with Gasteiger partial charge in [-0.25, -0.2) is 0 Å². The van der Waals surface area contributed by atoms with E-state index >= 15 is 0 Å². The zero-order valence-electron chi connectivity index (χ0n) is 12.5. The Morgan fingerprint density at radius 3 is 2.05 bits per heavy atom. The summed E-state index contributed by atoms with van der Waals surface area (Å²) in [5, 5.41) is 8.78. The number of hydrogen-bond donors (Lipinski definition) is 1. The molecular formula is C17H26N2S. The van der Waals surface area contributed by atoms with Gasteiger partial charge < -0.3 is 4.90 Å². The lowest BCUT2D eigenvalue weighted by molar-refractivity contribution is 0.590. The van der Waals surface area contributed by atoms with Gasteiger partial charge in [-0.1, -0.05) is 32.1 Å². The van der Waals surface area contributed by atoms with Gasteiger partial charge in [0.15, 0.2) is 0 Å². The van der Waals surface area contributed by atoms with Crippen molar-refractivity contribution in [1.29, 1.82) is 5.26 Å². The molecule has 0 aliphatic carbocycles. The summed E-state index contributed by atoms with van der Waals surface area (Å²) in [5.41, 5.74) is 1.92. The summed E-state index contributed by atoms with van der Waals surface area (Å²) in [6.45, 7) is 1.09. The van der Waals surface area contributed by atoms with E-state index in [-0.39, 0.29) is 0 Å². The summed E-state index contributed by atoms with van der Waals surface area (Å²) < 4.78 is 0. The van der Waals surface area contributed by atoms with E-state index in [2.05, 4.69) is 30.6 Å². The lowest BCUT2D eigenvalue weighted by Crippen LogP contribution is -2.18.